The molecule has 0 bridgehead atoms. The van der Waals surface area contributed by atoms with Crippen LogP contribution in [-0.2, 0) is 0 Å². The highest BCUT2D eigenvalue weighted by Gasteiger charge is 2.42. The molecular formula is C34H67N9. The summed E-state index contributed by atoms with van der Waals surface area (Å²) in [6.45, 7) is 29.0. The van der Waals surface area contributed by atoms with Gasteiger partial charge in [-0.25, -0.2) is 0 Å². The first-order chi connectivity index (χ1) is 20.1. The standard InChI is InChI=1S/C34H67N9/c1-12-15-18-35-25-36-28-37-29(42(19-16-13-2)26-21-31(4,5)40-32(6,7)22-26)39-30(38-28)43(20-17-14-3)27-23-33(8,9)41-34(10,11)24-27/h26-27,35,40-41H,12-25H2,1-11H3,(H,36,37,38,39). The zero-order chi connectivity index (χ0) is 31.9. The third kappa shape index (κ3) is 11.0. The minimum absolute atomic E-state index is 0.0381. The van der Waals surface area contributed by atoms with E-state index in [9.17, 15) is 0 Å². The molecule has 0 spiro atoms. The Labute approximate surface area is 264 Å². The number of aromatic nitrogens is 3. The van der Waals surface area contributed by atoms with E-state index in [0.717, 1.165) is 89.3 Å². The van der Waals surface area contributed by atoms with E-state index in [1.807, 2.05) is 0 Å². The summed E-state index contributed by atoms with van der Waals surface area (Å²) in [5.41, 5.74) is 0.153. The molecule has 2 aliphatic rings. The van der Waals surface area contributed by atoms with Gasteiger partial charge in [-0.1, -0.05) is 40.0 Å². The summed E-state index contributed by atoms with van der Waals surface area (Å²) >= 11 is 0. The summed E-state index contributed by atoms with van der Waals surface area (Å²) in [7, 11) is 0. The van der Waals surface area contributed by atoms with E-state index in [1.165, 1.54) is 6.42 Å². The van der Waals surface area contributed by atoms with E-state index in [1.54, 1.807) is 0 Å². The van der Waals surface area contributed by atoms with Crippen molar-refractivity contribution < 1.29 is 0 Å². The van der Waals surface area contributed by atoms with Gasteiger partial charge in [0, 0.05) is 47.3 Å². The summed E-state index contributed by atoms with van der Waals surface area (Å²) in [6.07, 6.45) is 11.1. The van der Waals surface area contributed by atoms with Gasteiger partial charge in [-0.15, -0.1) is 0 Å². The van der Waals surface area contributed by atoms with Gasteiger partial charge < -0.3 is 25.8 Å². The van der Waals surface area contributed by atoms with E-state index in [-0.39, 0.29) is 22.2 Å². The van der Waals surface area contributed by atoms with Crippen molar-refractivity contribution in [1.29, 1.82) is 0 Å². The molecule has 9 nitrogen and oxygen atoms in total. The fourth-order valence-corrected chi connectivity index (χ4v) is 7.75. The zero-order valence-electron chi connectivity index (χ0n) is 29.8. The number of unbranched alkanes of at least 4 members (excludes halogenated alkanes) is 3. The Hall–Kier alpha value is -1.71. The highest BCUT2D eigenvalue weighted by atomic mass is 15.4. The third-order valence-electron chi connectivity index (χ3n) is 8.93. The predicted molar refractivity (Wildman–Crippen MR) is 184 cm³/mol. The molecular weight excluding hydrogens is 534 g/mol. The minimum Gasteiger partial charge on any atom is -0.341 e. The van der Waals surface area contributed by atoms with Crippen molar-refractivity contribution in [2.24, 2.45) is 0 Å². The third-order valence-corrected chi connectivity index (χ3v) is 8.93. The normalized spacial score (nSPS) is 21.5. The smallest absolute Gasteiger partial charge is 0.232 e. The predicted octanol–water partition coefficient (Wildman–Crippen LogP) is 6.46. The molecule has 3 heterocycles. The van der Waals surface area contributed by atoms with Crippen LogP contribution in [0.1, 0.15) is 140 Å². The van der Waals surface area contributed by atoms with Crippen LogP contribution >= 0.6 is 0 Å². The maximum Gasteiger partial charge on any atom is 0.232 e. The second kappa shape index (κ2) is 15.0. The second-order valence-corrected chi connectivity index (χ2v) is 16.0. The van der Waals surface area contributed by atoms with Gasteiger partial charge in [-0.05, 0) is 107 Å². The van der Waals surface area contributed by atoms with Crippen LogP contribution in [0.2, 0.25) is 0 Å². The van der Waals surface area contributed by atoms with Gasteiger partial charge in [0.05, 0.1) is 6.67 Å². The first-order valence-electron chi connectivity index (χ1n) is 17.4. The lowest BCUT2D eigenvalue weighted by atomic mass is 9.79. The Morgan fingerprint density at radius 2 is 1.02 bits per heavy atom. The monoisotopic (exact) mass is 602 g/mol. The molecule has 3 rings (SSSR count). The van der Waals surface area contributed by atoms with Gasteiger partial charge in [0.2, 0.25) is 17.8 Å². The number of nitrogens with one attached hydrogen (secondary N) is 4. The first kappa shape index (κ1) is 35.8. The number of hydrogen-bond donors (Lipinski definition) is 4. The molecule has 0 aliphatic carbocycles. The van der Waals surface area contributed by atoms with E-state index in [0.29, 0.717) is 24.7 Å². The number of hydrogen-bond acceptors (Lipinski definition) is 9. The maximum absolute atomic E-state index is 5.37. The Bertz CT molecular complexity index is 890. The topological polar surface area (TPSA) is 93.3 Å². The summed E-state index contributed by atoms with van der Waals surface area (Å²) in [5.74, 6) is 2.32. The van der Waals surface area contributed by atoms with Crippen molar-refractivity contribution in [2.75, 3.05) is 41.4 Å². The molecule has 0 amide bonds. The molecule has 4 N–H and O–H groups in total. The summed E-state index contributed by atoms with van der Waals surface area (Å²) in [4.78, 5) is 20.7. The quantitative estimate of drug-likeness (QED) is 0.126. The molecule has 0 saturated carbocycles. The highest BCUT2D eigenvalue weighted by Crippen LogP contribution is 2.36. The van der Waals surface area contributed by atoms with Gasteiger partial charge in [-0.2, -0.15) is 15.0 Å². The molecule has 43 heavy (non-hydrogen) atoms. The molecule has 0 radical (unpaired) electrons. The van der Waals surface area contributed by atoms with Crippen molar-refractivity contribution in [2.45, 2.75) is 175 Å². The van der Waals surface area contributed by atoms with Crippen molar-refractivity contribution in [1.82, 2.24) is 30.9 Å². The van der Waals surface area contributed by atoms with Crippen LogP contribution in [0.4, 0.5) is 17.8 Å². The van der Waals surface area contributed by atoms with Gasteiger partial charge in [-0.3, -0.25) is 5.32 Å². The van der Waals surface area contributed by atoms with Gasteiger partial charge in [0.15, 0.2) is 0 Å². The van der Waals surface area contributed by atoms with Crippen LogP contribution in [0.15, 0.2) is 0 Å². The average molecular weight is 602 g/mol. The zero-order valence-corrected chi connectivity index (χ0v) is 29.8. The van der Waals surface area contributed by atoms with Crippen molar-refractivity contribution >= 4 is 17.8 Å². The number of nitrogens with zero attached hydrogens (tertiary/aromatic N) is 5. The molecule has 2 saturated heterocycles. The second-order valence-electron chi connectivity index (χ2n) is 16.0. The van der Waals surface area contributed by atoms with Gasteiger partial charge in [0.1, 0.15) is 0 Å². The summed E-state index contributed by atoms with van der Waals surface area (Å²) in [5, 5.41) is 14.8. The van der Waals surface area contributed by atoms with Crippen LogP contribution in [-0.4, -0.2) is 75.5 Å². The number of rotatable bonds is 16. The first-order valence-corrected chi connectivity index (χ1v) is 17.4. The van der Waals surface area contributed by atoms with Crippen molar-refractivity contribution in [3.63, 3.8) is 0 Å². The Morgan fingerprint density at radius 1 is 0.628 bits per heavy atom. The van der Waals surface area contributed by atoms with Crippen LogP contribution in [0, 0.1) is 0 Å². The highest BCUT2D eigenvalue weighted by molar-refractivity contribution is 5.47. The van der Waals surface area contributed by atoms with E-state index in [2.05, 4.69) is 107 Å². The van der Waals surface area contributed by atoms with E-state index >= 15 is 0 Å². The van der Waals surface area contributed by atoms with E-state index in [4.69, 9.17) is 15.0 Å². The van der Waals surface area contributed by atoms with E-state index < -0.39 is 0 Å². The fourth-order valence-electron chi connectivity index (χ4n) is 7.75. The van der Waals surface area contributed by atoms with Gasteiger partial charge in [0.25, 0.3) is 0 Å². The molecule has 0 aromatic carbocycles. The number of anilines is 3. The Morgan fingerprint density at radius 3 is 1.40 bits per heavy atom. The van der Waals surface area contributed by atoms with Crippen molar-refractivity contribution in [3.05, 3.63) is 0 Å². The summed E-state index contributed by atoms with van der Waals surface area (Å²) < 4.78 is 0. The lowest BCUT2D eigenvalue weighted by Gasteiger charge is -2.50. The van der Waals surface area contributed by atoms with Crippen LogP contribution in [0.3, 0.4) is 0 Å². The molecule has 1 aromatic heterocycles. The van der Waals surface area contributed by atoms with Crippen LogP contribution in [0.25, 0.3) is 0 Å². The SMILES string of the molecule is CCCCNCNc1nc(N(CCCC)C2CC(C)(C)NC(C)(C)C2)nc(N(CCCC)C2CC(C)(C)NC(C)(C)C2)n1. The average Bonchev–Trinajstić information content (AvgIpc) is 2.85. The summed E-state index contributed by atoms with van der Waals surface area (Å²) in [6, 6.07) is 0.703. The molecule has 0 atom stereocenters. The minimum atomic E-state index is 0.0381. The van der Waals surface area contributed by atoms with Gasteiger partial charge >= 0.3 is 0 Å². The number of piperidine rings is 2. The molecule has 0 unspecified atom stereocenters. The molecule has 2 aliphatic heterocycles. The van der Waals surface area contributed by atoms with Crippen LogP contribution in [0.5, 0.6) is 0 Å². The Kier molecular flexibility index (Phi) is 12.5. The molecule has 1 aromatic rings. The molecule has 248 valence electrons. The molecule has 9 heteroatoms. The largest absolute Gasteiger partial charge is 0.341 e. The Balaban J connectivity index is 2.07. The molecule has 2 fully saturated rings. The van der Waals surface area contributed by atoms with Crippen molar-refractivity contribution in [3.8, 4) is 0 Å². The van der Waals surface area contributed by atoms with Crippen LogP contribution < -0.4 is 31.1 Å². The fraction of sp³-hybridized carbons (Fsp3) is 0.912. The maximum atomic E-state index is 5.37. The lowest BCUT2D eigenvalue weighted by Crippen LogP contribution is -2.63. The lowest BCUT2D eigenvalue weighted by molar-refractivity contribution is 0.157.